The second kappa shape index (κ2) is 12.0. The summed E-state index contributed by atoms with van der Waals surface area (Å²) in [6.07, 6.45) is 14.4. The molecule has 0 atom stereocenters. The second-order valence-corrected chi connectivity index (χ2v) is 5.65. The lowest BCUT2D eigenvalue weighted by atomic mass is 9.87. The molecule has 0 aromatic heterocycles. The van der Waals surface area contributed by atoms with Gasteiger partial charge in [-0.05, 0) is 19.3 Å². The highest BCUT2D eigenvalue weighted by atomic mass is 17.1. The van der Waals surface area contributed by atoms with Crippen LogP contribution in [0.5, 0.6) is 0 Å². The van der Waals surface area contributed by atoms with Crippen LogP contribution in [-0.4, -0.2) is 10.9 Å². The van der Waals surface area contributed by atoms with Gasteiger partial charge in [0, 0.05) is 0 Å². The standard InChI is InChI=1S/C16H34O2/c1-4-7-8-9-10-11-12-15-16(18-17,13-5-2)14-6-3/h17H,4-15H2,1-3H3. The Morgan fingerprint density at radius 1 is 0.667 bits per heavy atom. The van der Waals surface area contributed by atoms with Crippen LogP contribution in [0.4, 0.5) is 0 Å². The number of hydrogen-bond acceptors (Lipinski definition) is 2. The second-order valence-electron chi connectivity index (χ2n) is 5.65. The summed E-state index contributed by atoms with van der Waals surface area (Å²) in [5, 5.41) is 9.21. The maximum absolute atomic E-state index is 9.21. The molecular weight excluding hydrogens is 224 g/mol. The molecule has 0 rings (SSSR count). The Kier molecular flexibility index (Phi) is 11.9. The first-order valence-corrected chi connectivity index (χ1v) is 8.07. The van der Waals surface area contributed by atoms with Crippen molar-refractivity contribution in [1.29, 1.82) is 0 Å². The summed E-state index contributed by atoms with van der Waals surface area (Å²) in [7, 11) is 0. The van der Waals surface area contributed by atoms with E-state index in [4.69, 9.17) is 4.89 Å². The van der Waals surface area contributed by atoms with Gasteiger partial charge in [-0.25, -0.2) is 4.89 Å². The number of hydrogen-bond donors (Lipinski definition) is 1. The predicted octanol–water partition coefficient (Wildman–Crippen LogP) is 5.96. The molecular formula is C16H34O2. The molecule has 0 aliphatic heterocycles. The molecule has 0 aromatic rings. The first-order valence-electron chi connectivity index (χ1n) is 8.07. The molecule has 0 spiro atoms. The first kappa shape index (κ1) is 17.9. The molecule has 0 aromatic carbocycles. The Balaban J connectivity index is 3.75. The normalized spacial score (nSPS) is 12.0. The zero-order valence-electron chi connectivity index (χ0n) is 12.8. The molecule has 1 N–H and O–H groups in total. The third kappa shape index (κ3) is 8.10. The Labute approximate surface area is 114 Å². The van der Waals surface area contributed by atoms with Crippen molar-refractivity contribution in [3.8, 4) is 0 Å². The molecule has 18 heavy (non-hydrogen) atoms. The first-order chi connectivity index (χ1) is 8.74. The van der Waals surface area contributed by atoms with Crippen LogP contribution in [0.3, 0.4) is 0 Å². The average Bonchev–Trinajstić information content (AvgIpc) is 2.38. The van der Waals surface area contributed by atoms with E-state index in [9.17, 15) is 5.26 Å². The van der Waals surface area contributed by atoms with Crippen LogP contribution in [0.15, 0.2) is 0 Å². The van der Waals surface area contributed by atoms with Gasteiger partial charge in [0.1, 0.15) is 5.60 Å². The van der Waals surface area contributed by atoms with E-state index in [0.29, 0.717) is 0 Å². The zero-order valence-corrected chi connectivity index (χ0v) is 12.8. The fourth-order valence-electron chi connectivity index (χ4n) is 2.83. The Morgan fingerprint density at radius 3 is 1.61 bits per heavy atom. The van der Waals surface area contributed by atoms with Crippen molar-refractivity contribution < 1.29 is 10.1 Å². The summed E-state index contributed by atoms with van der Waals surface area (Å²) in [5.74, 6) is 0. The van der Waals surface area contributed by atoms with Gasteiger partial charge in [-0.15, -0.1) is 0 Å². The van der Waals surface area contributed by atoms with Crippen molar-refractivity contribution in [3.63, 3.8) is 0 Å². The largest absolute Gasteiger partial charge is 0.251 e. The van der Waals surface area contributed by atoms with Crippen LogP contribution in [0, 0.1) is 0 Å². The molecule has 2 heteroatoms. The van der Waals surface area contributed by atoms with Gasteiger partial charge in [-0.3, -0.25) is 5.26 Å². The van der Waals surface area contributed by atoms with E-state index in [2.05, 4.69) is 20.8 Å². The van der Waals surface area contributed by atoms with Gasteiger partial charge in [-0.1, -0.05) is 78.6 Å². The van der Waals surface area contributed by atoms with Crippen LogP contribution in [0.2, 0.25) is 0 Å². The molecule has 0 amide bonds. The van der Waals surface area contributed by atoms with Gasteiger partial charge in [0.2, 0.25) is 0 Å². The lowest BCUT2D eigenvalue weighted by Crippen LogP contribution is -2.31. The molecule has 0 unspecified atom stereocenters. The van der Waals surface area contributed by atoms with E-state index in [0.717, 1.165) is 32.1 Å². The molecule has 0 saturated carbocycles. The topological polar surface area (TPSA) is 29.5 Å². The molecule has 0 fully saturated rings. The predicted molar refractivity (Wildman–Crippen MR) is 78.9 cm³/mol. The highest BCUT2D eigenvalue weighted by Crippen LogP contribution is 2.29. The minimum absolute atomic E-state index is 0.257. The third-order valence-corrected chi connectivity index (χ3v) is 3.84. The maximum atomic E-state index is 9.21. The molecule has 0 heterocycles. The highest BCUT2D eigenvalue weighted by Gasteiger charge is 2.29. The summed E-state index contributed by atoms with van der Waals surface area (Å²) < 4.78 is 0. The highest BCUT2D eigenvalue weighted by molar-refractivity contribution is 4.78. The van der Waals surface area contributed by atoms with E-state index in [1.54, 1.807) is 0 Å². The van der Waals surface area contributed by atoms with E-state index in [-0.39, 0.29) is 5.60 Å². The van der Waals surface area contributed by atoms with E-state index >= 15 is 0 Å². The Morgan fingerprint density at radius 2 is 1.17 bits per heavy atom. The van der Waals surface area contributed by atoms with Gasteiger partial charge < -0.3 is 0 Å². The minimum Gasteiger partial charge on any atom is -0.251 e. The Hall–Kier alpha value is -0.0800. The fraction of sp³-hybridized carbons (Fsp3) is 1.00. The molecule has 110 valence electrons. The van der Waals surface area contributed by atoms with Crippen molar-refractivity contribution in [1.82, 2.24) is 0 Å². The van der Waals surface area contributed by atoms with Crippen molar-refractivity contribution in [2.75, 3.05) is 0 Å². The average molecular weight is 258 g/mol. The van der Waals surface area contributed by atoms with E-state index < -0.39 is 0 Å². The molecule has 0 radical (unpaired) electrons. The van der Waals surface area contributed by atoms with Crippen molar-refractivity contribution in [2.24, 2.45) is 0 Å². The van der Waals surface area contributed by atoms with E-state index in [1.165, 1.54) is 44.9 Å². The molecule has 0 saturated heterocycles. The monoisotopic (exact) mass is 258 g/mol. The molecule has 0 aliphatic rings. The van der Waals surface area contributed by atoms with Crippen LogP contribution in [0.25, 0.3) is 0 Å². The van der Waals surface area contributed by atoms with Gasteiger partial charge >= 0.3 is 0 Å². The number of rotatable bonds is 13. The summed E-state index contributed by atoms with van der Waals surface area (Å²) in [6.45, 7) is 6.57. The lowest BCUT2D eigenvalue weighted by Gasteiger charge is -2.30. The van der Waals surface area contributed by atoms with Crippen molar-refractivity contribution in [2.45, 2.75) is 103 Å². The maximum Gasteiger partial charge on any atom is 0.103 e. The smallest absolute Gasteiger partial charge is 0.103 e. The summed E-state index contributed by atoms with van der Waals surface area (Å²) in [6, 6.07) is 0. The minimum atomic E-state index is -0.257. The summed E-state index contributed by atoms with van der Waals surface area (Å²) >= 11 is 0. The van der Waals surface area contributed by atoms with Gasteiger partial charge in [0.15, 0.2) is 0 Å². The summed E-state index contributed by atoms with van der Waals surface area (Å²) in [4.78, 5) is 4.86. The van der Waals surface area contributed by atoms with Crippen LogP contribution < -0.4 is 0 Å². The van der Waals surface area contributed by atoms with Gasteiger partial charge in [-0.2, -0.15) is 0 Å². The molecule has 2 nitrogen and oxygen atoms in total. The fourth-order valence-corrected chi connectivity index (χ4v) is 2.83. The van der Waals surface area contributed by atoms with Gasteiger partial charge in [0.25, 0.3) is 0 Å². The van der Waals surface area contributed by atoms with E-state index in [1.807, 2.05) is 0 Å². The van der Waals surface area contributed by atoms with Crippen LogP contribution >= 0.6 is 0 Å². The molecule has 0 aliphatic carbocycles. The number of unbranched alkanes of at least 4 members (excludes halogenated alkanes) is 6. The van der Waals surface area contributed by atoms with Crippen molar-refractivity contribution in [3.05, 3.63) is 0 Å². The molecule has 0 bridgehead atoms. The summed E-state index contributed by atoms with van der Waals surface area (Å²) in [5.41, 5.74) is -0.257. The third-order valence-electron chi connectivity index (χ3n) is 3.84. The zero-order chi connectivity index (χ0) is 13.7. The quantitative estimate of drug-likeness (QED) is 0.251. The van der Waals surface area contributed by atoms with Crippen molar-refractivity contribution >= 4 is 0 Å². The van der Waals surface area contributed by atoms with Gasteiger partial charge in [0.05, 0.1) is 0 Å². The SMILES string of the molecule is CCCCCCCCCC(CCC)(CCC)OO. The van der Waals surface area contributed by atoms with Crippen LogP contribution in [0.1, 0.15) is 97.8 Å². The van der Waals surface area contributed by atoms with Crippen LogP contribution in [-0.2, 0) is 4.89 Å². The lowest BCUT2D eigenvalue weighted by molar-refractivity contribution is -0.329. The Bertz CT molecular complexity index is 162.